The van der Waals surface area contributed by atoms with E-state index in [9.17, 15) is 9.59 Å². The first kappa shape index (κ1) is 22.8. The van der Waals surface area contributed by atoms with Crippen molar-refractivity contribution in [2.24, 2.45) is 0 Å². The van der Waals surface area contributed by atoms with E-state index in [0.717, 1.165) is 52.7 Å². The highest BCUT2D eigenvalue weighted by molar-refractivity contribution is 5.90. The fraction of sp³-hybridized carbons (Fsp3) is 0.333. The monoisotopic (exact) mass is 475 g/mol. The summed E-state index contributed by atoms with van der Waals surface area (Å²) in [5, 5.41) is 4.27. The van der Waals surface area contributed by atoms with Crippen molar-refractivity contribution in [3.05, 3.63) is 58.9 Å². The number of nitrogens with zero attached hydrogens (tertiary/aromatic N) is 1. The van der Waals surface area contributed by atoms with Gasteiger partial charge < -0.3 is 29.4 Å². The molecule has 1 atom stereocenters. The molecule has 0 unspecified atom stereocenters. The molecule has 0 saturated carbocycles. The Hall–Kier alpha value is -3.94. The zero-order chi connectivity index (χ0) is 24.5. The predicted octanol–water partition coefficient (Wildman–Crippen LogP) is 3.74. The second kappa shape index (κ2) is 9.37. The fourth-order valence-corrected chi connectivity index (χ4v) is 5.01. The van der Waals surface area contributed by atoms with Gasteiger partial charge in [-0.15, -0.1) is 0 Å². The first-order valence-electron chi connectivity index (χ1n) is 11.7. The molecule has 0 radical (unpaired) electrons. The maximum absolute atomic E-state index is 13.0. The number of aromatic nitrogens is 1. The van der Waals surface area contributed by atoms with Crippen molar-refractivity contribution >= 4 is 28.8 Å². The van der Waals surface area contributed by atoms with Gasteiger partial charge >= 0.3 is 0 Å². The first-order valence-corrected chi connectivity index (χ1v) is 11.7. The summed E-state index contributed by atoms with van der Waals surface area (Å²) in [6.07, 6.45) is 6.45. The Bertz CT molecular complexity index is 1330. The third-order valence-electron chi connectivity index (χ3n) is 6.80. The number of methoxy groups -OCH3 is 3. The maximum Gasteiger partial charge on any atom is 0.240 e. The number of rotatable bonds is 6. The molecule has 8 nitrogen and oxygen atoms in total. The topological polar surface area (TPSA) is 92.9 Å². The lowest BCUT2D eigenvalue weighted by atomic mass is 9.91. The zero-order valence-electron chi connectivity index (χ0n) is 20.1. The number of aromatic amines is 1. The van der Waals surface area contributed by atoms with Crippen molar-refractivity contribution in [2.75, 3.05) is 27.9 Å². The summed E-state index contributed by atoms with van der Waals surface area (Å²) in [6, 6.07) is 9.51. The minimum Gasteiger partial charge on any atom is -0.497 e. The van der Waals surface area contributed by atoms with E-state index in [1.54, 1.807) is 27.5 Å². The van der Waals surface area contributed by atoms with E-state index >= 15 is 0 Å². The van der Waals surface area contributed by atoms with Crippen LogP contribution >= 0.6 is 0 Å². The number of ether oxygens (including phenoxy) is 3. The van der Waals surface area contributed by atoms with Crippen molar-refractivity contribution in [1.82, 2.24) is 15.2 Å². The van der Waals surface area contributed by atoms with E-state index < -0.39 is 0 Å². The molecule has 3 aromatic rings. The lowest BCUT2D eigenvalue weighted by Crippen LogP contribution is -2.40. The molecule has 1 aromatic heterocycles. The Morgan fingerprint density at radius 3 is 2.69 bits per heavy atom. The molecule has 5 rings (SSSR count). The Morgan fingerprint density at radius 2 is 1.91 bits per heavy atom. The lowest BCUT2D eigenvalue weighted by Gasteiger charge is -2.25. The smallest absolute Gasteiger partial charge is 0.240 e. The number of hydrogen-bond acceptors (Lipinski definition) is 5. The Kier molecular flexibility index (Phi) is 6.11. The third-order valence-corrected chi connectivity index (χ3v) is 6.80. The van der Waals surface area contributed by atoms with Gasteiger partial charge in [0.25, 0.3) is 0 Å². The minimum atomic E-state index is -0.196. The Balaban J connectivity index is 1.32. The van der Waals surface area contributed by atoms with Crippen LogP contribution in [0, 0.1) is 0 Å². The van der Waals surface area contributed by atoms with Crippen molar-refractivity contribution < 1.29 is 23.8 Å². The average Bonchev–Trinajstić information content (AvgIpc) is 3.18. The summed E-state index contributed by atoms with van der Waals surface area (Å²) in [5.41, 5.74) is 4.99. The largest absolute Gasteiger partial charge is 0.497 e. The molecule has 35 heavy (non-hydrogen) atoms. The number of carbonyl (C=O) groups excluding carboxylic acids is 2. The van der Waals surface area contributed by atoms with E-state index in [2.05, 4.69) is 10.3 Å². The van der Waals surface area contributed by atoms with Gasteiger partial charge in [-0.3, -0.25) is 9.59 Å². The summed E-state index contributed by atoms with van der Waals surface area (Å²) in [4.78, 5) is 30.9. The zero-order valence-corrected chi connectivity index (χ0v) is 20.1. The molecule has 0 spiro atoms. The molecule has 2 N–H and O–H groups in total. The van der Waals surface area contributed by atoms with Gasteiger partial charge in [0.1, 0.15) is 12.3 Å². The van der Waals surface area contributed by atoms with Crippen molar-refractivity contribution in [1.29, 1.82) is 0 Å². The highest BCUT2D eigenvalue weighted by Gasteiger charge is 2.27. The molecular weight excluding hydrogens is 446 g/mol. The Morgan fingerprint density at radius 1 is 1.11 bits per heavy atom. The number of carbonyl (C=O) groups is 2. The predicted molar refractivity (Wildman–Crippen MR) is 133 cm³/mol. The van der Waals surface area contributed by atoms with Gasteiger partial charge in [0, 0.05) is 22.8 Å². The number of H-pyrrole nitrogens is 1. The molecule has 1 aliphatic carbocycles. The van der Waals surface area contributed by atoms with Gasteiger partial charge in [0.2, 0.25) is 11.8 Å². The van der Waals surface area contributed by atoms with Crippen LogP contribution in [0.4, 0.5) is 0 Å². The van der Waals surface area contributed by atoms with Gasteiger partial charge in [-0.05, 0) is 72.4 Å². The summed E-state index contributed by atoms with van der Waals surface area (Å²) in [6.45, 7) is -0.0442. The van der Waals surface area contributed by atoms with Crippen LogP contribution in [0.1, 0.15) is 41.3 Å². The first-order chi connectivity index (χ1) is 17.0. The number of amides is 2. The third kappa shape index (κ3) is 4.32. The molecule has 0 bridgehead atoms. The number of benzene rings is 2. The number of fused-ring (bicyclic) bond motifs is 4. The van der Waals surface area contributed by atoms with Gasteiger partial charge in [0.15, 0.2) is 11.5 Å². The molecule has 2 heterocycles. The van der Waals surface area contributed by atoms with Crippen LogP contribution in [0.25, 0.3) is 17.0 Å². The molecule has 2 aromatic carbocycles. The van der Waals surface area contributed by atoms with E-state index in [0.29, 0.717) is 11.5 Å². The average molecular weight is 476 g/mol. The highest BCUT2D eigenvalue weighted by Crippen LogP contribution is 2.36. The van der Waals surface area contributed by atoms with Crippen LogP contribution in [0.15, 0.2) is 36.5 Å². The second-order valence-corrected chi connectivity index (χ2v) is 8.86. The Labute approximate surface area is 203 Å². The van der Waals surface area contributed by atoms with E-state index in [1.165, 1.54) is 10.5 Å². The molecule has 1 aliphatic heterocycles. The molecule has 182 valence electrons. The highest BCUT2D eigenvalue weighted by atomic mass is 16.5. The quantitative estimate of drug-likeness (QED) is 0.567. The van der Waals surface area contributed by atoms with Gasteiger partial charge in [-0.1, -0.05) is 0 Å². The van der Waals surface area contributed by atoms with E-state index in [1.807, 2.05) is 36.4 Å². The van der Waals surface area contributed by atoms with Crippen LogP contribution in [-0.2, 0) is 22.4 Å². The standard InChI is InChI=1S/C27H29N3O5/c1-33-18-7-8-21-20(14-18)19-5-4-6-22(27(19)29-21)28-25(31)15-30-10-9-16-11-23(34-2)24(35-3)12-17(16)13-26(30)32/h7-12,14,22,29H,4-6,13,15H2,1-3H3,(H,28,31)/t22-/m1/s1. The van der Waals surface area contributed by atoms with Gasteiger partial charge in [-0.2, -0.15) is 0 Å². The molecule has 2 aliphatic rings. The number of hydrogen-bond donors (Lipinski definition) is 2. The summed E-state index contributed by atoms with van der Waals surface area (Å²) < 4.78 is 16.1. The summed E-state index contributed by atoms with van der Waals surface area (Å²) in [5.74, 6) is 1.64. The molecule has 2 amide bonds. The van der Waals surface area contributed by atoms with Crippen LogP contribution in [-0.4, -0.2) is 49.6 Å². The minimum absolute atomic E-state index is 0.0442. The normalized spacial score (nSPS) is 16.9. The van der Waals surface area contributed by atoms with Crippen LogP contribution in [0.5, 0.6) is 17.2 Å². The second-order valence-electron chi connectivity index (χ2n) is 8.86. The molecule has 8 heteroatoms. The van der Waals surface area contributed by atoms with Crippen LogP contribution < -0.4 is 19.5 Å². The summed E-state index contributed by atoms with van der Waals surface area (Å²) in [7, 11) is 4.80. The number of nitrogens with one attached hydrogen (secondary N) is 2. The van der Waals surface area contributed by atoms with Crippen molar-refractivity contribution in [3.63, 3.8) is 0 Å². The van der Waals surface area contributed by atoms with E-state index in [-0.39, 0.29) is 30.8 Å². The van der Waals surface area contributed by atoms with E-state index in [4.69, 9.17) is 14.2 Å². The molecular formula is C27H29N3O5. The van der Waals surface area contributed by atoms with Crippen molar-refractivity contribution in [2.45, 2.75) is 31.7 Å². The number of aryl methyl sites for hydroxylation is 1. The fourth-order valence-electron chi connectivity index (χ4n) is 5.01. The van der Waals surface area contributed by atoms with Gasteiger partial charge in [-0.25, -0.2) is 0 Å². The molecule has 0 saturated heterocycles. The van der Waals surface area contributed by atoms with Gasteiger partial charge in [0.05, 0.1) is 33.8 Å². The molecule has 0 fully saturated rings. The van der Waals surface area contributed by atoms with Crippen LogP contribution in [0.2, 0.25) is 0 Å². The van der Waals surface area contributed by atoms with Crippen molar-refractivity contribution in [3.8, 4) is 17.2 Å². The van der Waals surface area contributed by atoms with Crippen LogP contribution in [0.3, 0.4) is 0 Å². The lowest BCUT2D eigenvalue weighted by molar-refractivity contribution is -0.133. The SMILES string of the molecule is COc1ccc2[nH]c3c(c2c1)CCC[C@H]3NC(=O)CN1C=Cc2cc(OC)c(OC)cc2CC1=O. The summed E-state index contributed by atoms with van der Waals surface area (Å²) >= 11 is 0. The maximum atomic E-state index is 13.0.